The molecule has 2 heteroatoms. The van der Waals surface area contributed by atoms with E-state index in [4.69, 9.17) is 5.41 Å². The van der Waals surface area contributed by atoms with E-state index in [1.165, 1.54) is 0 Å². The molecule has 0 amide bonds. The van der Waals surface area contributed by atoms with Gasteiger partial charge in [-0.3, -0.25) is 5.41 Å². The van der Waals surface area contributed by atoms with Gasteiger partial charge < -0.3 is 0 Å². The van der Waals surface area contributed by atoms with Gasteiger partial charge in [-0.1, -0.05) is 13.8 Å². The van der Waals surface area contributed by atoms with Gasteiger partial charge in [0.2, 0.25) is 0 Å². The van der Waals surface area contributed by atoms with Gasteiger partial charge in [0.1, 0.15) is 6.34 Å². The van der Waals surface area contributed by atoms with E-state index in [9.17, 15) is 0 Å². The van der Waals surface area contributed by atoms with Crippen molar-refractivity contribution in [3.63, 3.8) is 0 Å². The summed E-state index contributed by atoms with van der Waals surface area (Å²) in [4.78, 5) is 3.59. The van der Waals surface area contributed by atoms with E-state index in [0.717, 1.165) is 6.34 Å². The van der Waals surface area contributed by atoms with Gasteiger partial charge in [-0.05, 0) is 5.92 Å². The third kappa shape index (κ3) is 5.34. The van der Waals surface area contributed by atoms with Crippen molar-refractivity contribution in [1.29, 1.82) is 5.41 Å². The molecule has 0 atom stereocenters. The summed E-state index contributed by atoms with van der Waals surface area (Å²) in [6.45, 7) is 4.04. The maximum absolute atomic E-state index is 6.47. The molecular weight excluding hydrogens is 88.1 g/mol. The predicted octanol–water partition coefficient (Wildman–Crippen LogP) is 1.32. The van der Waals surface area contributed by atoms with Crippen molar-refractivity contribution in [2.24, 2.45) is 10.9 Å². The van der Waals surface area contributed by atoms with Gasteiger partial charge in [0.25, 0.3) is 0 Å². The van der Waals surface area contributed by atoms with Crippen molar-refractivity contribution in [1.82, 2.24) is 0 Å². The van der Waals surface area contributed by atoms with Crippen LogP contribution in [0.4, 0.5) is 0 Å². The first kappa shape index (κ1) is 6.34. The summed E-state index contributed by atoms with van der Waals surface area (Å²) >= 11 is 0. The highest BCUT2D eigenvalue weighted by Gasteiger charge is 1.79. The Balaban J connectivity index is 3.25. The molecule has 0 heterocycles. The topological polar surface area (TPSA) is 36.2 Å². The third-order valence-electron chi connectivity index (χ3n) is 0.459. The van der Waals surface area contributed by atoms with Crippen LogP contribution in [-0.4, -0.2) is 12.6 Å². The lowest BCUT2D eigenvalue weighted by Crippen LogP contribution is -1.85. The number of nitrogens with zero attached hydrogens (tertiary/aromatic N) is 1. The SMILES string of the molecule is CC(C)/C=N\C=N. The van der Waals surface area contributed by atoms with Gasteiger partial charge in [-0.25, -0.2) is 4.99 Å². The minimum absolute atomic E-state index is 0.460. The Labute approximate surface area is 43.8 Å². The monoisotopic (exact) mass is 98.1 g/mol. The van der Waals surface area contributed by atoms with E-state index in [1.807, 2.05) is 13.8 Å². The first-order valence-electron chi connectivity index (χ1n) is 2.29. The van der Waals surface area contributed by atoms with Crippen molar-refractivity contribution in [3.05, 3.63) is 0 Å². The van der Waals surface area contributed by atoms with Crippen LogP contribution in [0.3, 0.4) is 0 Å². The quantitative estimate of drug-likeness (QED) is 0.399. The van der Waals surface area contributed by atoms with Gasteiger partial charge in [-0.2, -0.15) is 0 Å². The lowest BCUT2D eigenvalue weighted by molar-refractivity contribution is 0.909. The fourth-order valence-corrected chi connectivity index (χ4v) is 0.215. The first-order valence-corrected chi connectivity index (χ1v) is 2.29. The molecule has 0 aromatic heterocycles. The van der Waals surface area contributed by atoms with Crippen LogP contribution in [0.2, 0.25) is 0 Å². The van der Waals surface area contributed by atoms with E-state index >= 15 is 0 Å². The van der Waals surface area contributed by atoms with Crippen molar-refractivity contribution >= 4 is 12.6 Å². The molecule has 0 saturated heterocycles. The average molecular weight is 98.1 g/mol. The molecule has 40 valence electrons. The zero-order valence-corrected chi connectivity index (χ0v) is 4.68. The van der Waals surface area contributed by atoms with Gasteiger partial charge in [0.15, 0.2) is 0 Å². The van der Waals surface area contributed by atoms with Crippen LogP contribution in [0, 0.1) is 11.3 Å². The van der Waals surface area contributed by atoms with Gasteiger partial charge in [0, 0.05) is 6.21 Å². The Morgan fingerprint density at radius 2 is 2.14 bits per heavy atom. The predicted molar refractivity (Wildman–Crippen MR) is 32.1 cm³/mol. The molecule has 0 spiro atoms. The van der Waals surface area contributed by atoms with Crippen LogP contribution in [-0.2, 0) is 0 Å². The highest BCUT2D eigenvalue weighted by atomic mass is 14.7. The maximum Gasteiger partial charge on any atom is 0.106 e. The number of hydrogen-bond donors (Lipinski definition) is 1. The van der Waals surface area contributed by atoms with Crippen molar-refractivity contribution < 1.29 is 0 Å². The standard InChI is InChI=1S/C5H10N2/c1-5(2)3-7-4-6/h3-6H,1-2H3/b6-4?,7-3-. The summed E-state index contributed by atoms with van der Waals surface area (Å²) in [5, 5.41) is 6.47. The minimum atomic E-state index is 0.460. The molecule has 0 aromatic carbocycles. The molecular formula is C5H10N2. The van der Waals surface area contributed by atoms with Crippen LogP contribution >= 0.6 is 0 Å². The fraction of sp³-hybridized carbons (Fsp3) is 0.600. The average Bonchev–Trinajstić information content (AvgIpc) is 1.61. The molecule has 2 nitrogen and oxygen atoms in total. The smallest absolute Gasteiger partial charge is 0.106 e. The summed E-state index contributed by atoms with van der Waals surface area (Å²) < 4.78 is 0. The van der Waals surface area contributed by atoms with Gasteiger partial charge >= 0.3 is 0 Å². The maximum atomic E-state index is 6.47. The van der Waals surface area contributed by atoms with Crippen molar-refractivity contribution in [2.45, 2.75) is 13.8 Å². The molecule has 0 rings (SSSR count). The second-order valence-electron chi connectivity index (χ2n) is 1.67. The van der Waals surface area contributed by atoms with E-state index in [1.54, 1.807) is 6.21 Å². The Kier molecular flexibility index (Phi) is 3.19. The zero-order valence-electron chi connectivity index (χ0n) is 4.68. The van der Waals surface area contributed by atoms with Crippen LogP contribution < -0.4 is 0 Å². The minimum Gasteiger partial charge on any atom is -0.290 e. The number of rotatable bonds is 2. The van der Waals surface area contributed by atoms with Crippen LogP contribution in [0.5, 0.6) is 0 Å². The normalized spacial score (nSPS) is 10.7. The largest absolute Gasteiger partial charge is 0.290 e. The highest BCUT2D eigenvalue weighted by Crippen LogP contribution is 1.82. The van der Waals surface area contributed by atoms with E-state index in [2.05, 4.69) is 4.99 Å². The number of hydrogen-bond acceptors (Lipinski definition) is 1. The molecule has 0 unspecified atom stereocenters. The molecule has 0 aliphatic rings. The van der Waals surface area contributed by atoms with Crippen molar-refractivity contribution in [2.75, 3.05) is 0 Å². The molecule has 0 fully saturated rings. The Morgan fingerprint density at radius 3 is 2.29 bits per heavy atom. The van der Waals surface area contributed by atoms with Gasteiger partial charge in [-0.15, -0.1) is 0 Å². The highest BCUT2D eigenvalue weighted by molar-refractivity contribution is 5.71. The first-order chi connectivity index (χ1) is 3.27. The summed E-state index contributed by atoms with van der Waals surface area (Å²) in [7, 11) is 0. The molecule has 0 radical (unpaired) electrons. The van der Waals surface area contributed by atoms with Crippen molar-refractivity contribution in [3.8, 4) is 0 Å². The van der Waals surface area contributed by atoms with Crippen LogP contribution in [0.15, 0.2) is 4.99 Å². The van der Waals surface area contributed by atoms with Crippen LogP contribution in [0.25, 0.3) is 0 Å². The molecule has 0 aliphatic carbocycles. The van der Waals surface area contributed by atoms with E-state index < -0.39 is 0 Å². The fourth-order valence-electron chi connectivity index (χ4n) is 0.215. The molecule has 0 aliphatic heterocycles. The molecule has 1 N–H and O–H groups in total. The third-order valence-corrected chi connectivity index (χ3v) is 0.459. The van der Waals surface area contributed by atoms with Gasteiger partial charge in [0.05, 0.1) is 0 Å². The molecule has 7 heavy (non-hydrogen) atoms. The Hall–Kier alpha value is -0.660. The second kappa shape index (κ2) is 3.53. The van der Waals surface area contributed by atoms with E-state index in [-0.39, 0.29) is 0 Å². The number of nitrogens with one attached hydrogen (secondary N) is 1. The lowest BCUT2D eigenvalue weighted by Gasteiger charge is -1.86. The summed E-state index contributed by atoms with van der Waals surface area (Å²) in [6.07, 6.45) is 2.77. The zero-order chi connectivity index (χ0) is 5.70. The summed E-state index contributed by atoms with van der Waals surface area (Å²) in [6, 6.07) is 0. The number of aliphatic imine (C=N–C) groups is 1. The summed E-state index contributed by atoms with van der Waals surface area (Å²) in [5.41, 5.74) is 0. The van der Waals surface area contributed by atoms with Crippen LogP contribution in [0.1, 0.15) is 13.8 Å². The molecule has 0 aromatic rings. The molecule has 0 bridgehead atoms. The molecule has 0 saturated carbocycles. The Morgan fingerprint density at radius 1 is 1.57 bits per heavy atom. The second-order valence-corrected chi connectivity index (χ2v) is 1.67. The Bertz CT molecular complexity index is 74.1. The summed E-state index contributed by atoms with van der Waals surface area (Å²) in [5.74, 6) is 0.460. The lowest BCUT2D eigenvalue weighted by atomic mass is 10.3. The van der Waals surface area contributed by atoms with E-state index in [0.29, 0.717) is 5.92 Å².